The maximum absolute atomic E-state index is 13.6. The number of anilines is 3. The minimum atomic E-state index is -0.719. The molecule has 1 aliphatic carbocycles. The van der Waals surface area contributed by atoms with Crippen LogP contribution in [0.1, 0.15) is 56.7 Å². The maximum Gasteiger partial charge on any atom is 0.313 e. The summed E-state index contributed by atoms with van der Waals surface area (Å²) in [4.78, 5) is 52.3. The maximum atomic E-state index is 13.6. The van der Waals surface area contributed by atoms with Gasteiger partial charge in [0.25, 0.3) is 0 Å². The average molecular weight is 548 g/mol. The number of piperazine rings is 2. The number of carbonyl (C=O) groups is 3. The van der Waals surface area contributed by atoms with E-state index >= 15 is 0 Å². The highest BCUT2D eigenvalue weighted by Gasteiger charge is 2.40. The molecule has 0 bridgehead atoms. The van der Waals surface area contributed by atoms with Crippen LogP contribution in [-0.4, -0.2) is 89.8 Å². The standard InChI is InChI=1S/C30H41N7O3/c1-19(2)29(39)36-18-26(22-7-9-24(10-8-22)35-13-11-34(4)12-14-35)37(17-20(36)3)30(40)28(38)33-23-15-25(21-5-6-21)27(31)32-16-23/h7-10,15-16,19-21,26H,5-6,11-14,17-18H2,1-4H3,(H2,31,32)(H,33,38)/t20?,26-/m1/s1. The molecule has 1 aromatic heterocycles. The molecule has 2 saturated heterocycles. The second-order valence-corrected chi connectivity index (χ2v) is 11.8. The van der Waals surface area contributed by atoms with E-state index in [0.29, 0.717) is 24.0 Å². The van der Waals surface area contributed by atoms with Crippen LogP contribution in [0.15, 0.2) is 36.5 Å². The van der Waals surface area contributed by atoms with E-state index in [0.717, 1.165) is 55.8 Å². The van der Waals surface area contributed by atoms with Crippen LogP contribution in [0.3, 0.4) is 0 Å². The molecular formula is C30H41N7O3. The fraction of sp³-hybridized carbons (Fsp3) is 0.533. The topological polar surface area (TPSA) is 115 Å². The number of hydrogen-bond acceptors (Lipinski definition) is 7. The lowest BCUT2D eigenvalue weighted by molar-refractivity contribution is -0.152. The van der Waals surface area contributed by atoms with E-state index in [1.54, 1.807) is 4.90 Å². The molecule has 0 radical (unpaired) electrons. The SMILES string of the molecule is CC(C)C(=O)N1C[C@H](c2ccc(N3CCN(C)CC3)cc2)N(C(=O)C(=O)Nc2cnc(N)c(C3CC3)c2)CC1C. The van der Waals surface area contributed by atoms with Crippen molar-refractivity contribution in [1.29, 1.82) is 0 Å². The minimum absolute atomic E-state index is 0.0451. The summed E-state index contributed by atoms with van der Waals surface area (Å²) in [5.41, 5.74) is 9.43. The Morgan fingerprint density at radius 3 is 2.30 bits per heavy atom. The number of nitrogens with one attached hydrogen (secondary N) is 1. The quantitative estimate of drug-likeness (QED) is 0.553. The van der Waals surface area contributed by atoms with E-state index in [1.165, 1.54) is 6.20 Å². The van der Waals surface area contributed by atoms with Crippen molar-refractivity contribution in [1.82, 2.24) is 19.7 Å². The Labute approximate surface area is 236 Å². The smallest absolute Gasteiger partial charge is 0.313 e. The highest BCUT2D eigenvalue weighted by Crippen LogP contribution is 2.42. The predicted molar refractivity (Wildman–Crippen MR) is 156 cm³/mol. The lowest BCUT2D eigenvalue weighted by Gasteiger charge is -2.45. The van der Waals surface area contributed by atoms with Gasteiger partial charge >= 0.3 is 11.8 Å². The molecule has 0 spiro atoms. The van der Waals surface area contributed by atoms with Gasteiger partial charge in [0.2, 0.25) is 5.91 Å². The van der Waals surface area contributed by atoms with E-state index in [9.17, 15) is 14.4 Å². The molecule has 3 heterocycles. The van der Waals surface area contributed by atoms with Gasteiger partial charge in [0, 0.05) is 56.9 Å². The zero-order chi connectivity index (χ0) is 28.6. The molecule has 1 aromatic carbocycles. The van der Waals surface area contributed by atoms with E-state index in [-0.39, 0.29) is 24.4 Å². The van der Waals surface area contributed by atoms with Crippen molar-refractivity contribution >= 4 is 34.9 Å². The van der Waals surface area contributed by atoms with Crippen molar-refractivity contribution in [2.45, 2.75) is 51.6 Å². The molecule has 5 rings (SSSR count). The molecule has 10 nitrogen and oxygen atoms in total. The van der Waals surface area contributed by atoms with E-state index < -0.39 is 17.9 Å². The summed E-state index contributed by atoms with van der Waals surface area (Å²) in [6.45, 7) is 10.2. The number of nitrogens with zero attached hydrogens (tertiary/aromatic N) is 5. The molecule has 214 valence electrons. The summed E-state index contributed by atoms with van der Waals surface area (Å²) in [5, 5.41) is 2.74. The van der Waals surface area contributed by atoms with Crippen LogP contribution in [0.4, 0.5) is 17.2 Å². The lowest BCUT2D eigenvalue weighted by Crippen LogP contribution is -2.59. The molecule has 2 atom stereocenters. The number of pyridine rings is 1. The monoisotopic (exact) mass is 547 g/mol. The molecule has 2 aliphatic heterocycles. The summed E-state index contributed by atoms with van der Waals surface area (Å²) in [6.07, 6.45) is 3.59. The van der Waals surface area contributed by atoms with Crippen molar-refractivity contribution in [2.24, 2.45) is 5.92 Å². The van der Waals surface area contributed by atoms with Crippen LogP contribution >= 0.6 is 0 Å². The number of nitrogens with two attached hydrogens (primary N) is 1. The molecule has 40 heavy (non-hydrogen) atoms. The van der Waals surface area contributed by atoms with Gasteiger partial charge in [0.1, 0.15) is 5.82 Å². The van der Waals surface area contributed by atoms with E-state index in [1.807, 2.05) is 43.9 Å². The second-order valence-electron chi connectivity index (χ2n) is 11.8. The first-order valence-corrected chi connectivity index (χ1v) is 14.3. The van der Waals surface area contributed by atoms with Crippen LogP contribution < -0.4 is 16.0 Å². The van der Waals surface area contributed by atoms with Gasteiger partial charge in [-0.2, -0.15) is 0 Å². The van der Waals surface area contributed by atoms with Gasteiger partial charge in [-0.15, -0.1) is 0 Å². The summed E-state index contributed by atoms with van der Waals surface area (Å²) >= 11 is 0. The number of nitrogen functional groups attached to an aromatic ring is 1. The first-order chi connectivity index (χ1) is 19.1. The van der Waals surface area contributed by atoms with Gasteiger partial charge in [0.05, 0.1) is 17.9 Å². The fourth-order valence-electron chi connectivity index (χ4n) is 5.69. The number of carbonyl (C=O) groups excluding carboxylic acids is 3. The highest BCUT2D eigenvalue weighted by molar-refractivity contribution is 6.39. The van der Waals surface area contributed by atoms with E-state index in [4.69, 9.17) is 5.73 Å². The first-order valence-electron chi connectivity index (χ1n) is 14.3. The zero-order valence-electron chi connectivity index (χ0n) is 24.0. The summed E-state index contributed by atoms with van der Waals surface area (Å²) in [6, 6.07) is 9.37. The fourth-order valence-corrected chi connectivity index (χ4v) is 5.69. The highest BCUT2D eigenvalue weighted by atomic mass is 16.2. The van der Waals surface area contributed by atoms with Crippen LogP contribution in [-0.2, 0) is 14.4 Å². The predicted octanol–water partition coefficient (Wildman–Crippen LogP) is 2.69. The minimum Gasteiger partial charge on any atom is -0.383 e. The number of aromatic nitrogens is 1. The van der Waals surface area contributed by atoms with Crippen LogP contribution in [0.2, 0.25) is 0 Å². The van der Waals surface area contributed by atoms with Crippen molar-refractivity contribution < 1.29 is 14.4 Å². The molecule has 3 amide bonds. The number of likely N-dealkylation sites (N-methyl/N-ethyl adjacent to an activating group) is 1. The second kappa shape index (κ2) is 11.4. The third kappa shape index (κ3) is 5.91. The summed E-state index contributed by atoms with van der Waals surface area (Å²) in [5.74, 6) is -0.627. The average Bonchev–Trinajstić information content (AvgIpc) is 3.79. The van der Waals surface area contributed by atoms with Crippen LogP contribution in [0.5, 0.6) is 0 Å². The van der Waals surface area contributed by atoms with Crippen LogP contribution in [0, 0.1) is 5.92 Å². The third-order valence-corrected chi connectivity index (χ3v) is 8.34. The Morgan fingerprint density at radius 1 is 1.00 bits per heavy atom. The van der Waals surface area contributed by atoms with Crippen molar-refractivity contribution in [3.8, 4) is 0 Å². The molecule has 10 heteroatoms. The van der Waals surface area contributed by atoms with Gasteiger partial charge in [-0.25, -0.2) is 4.98 Å². The van der Waals surface area contributed by atoms with Crippen LogP contribution in [0.25, 0.3) is 0 Å². The van der Waals surface area contributed by atoms with Gasteiger partial charge < -0.3 is 30.7 Å². The molecule has 3 fully saturated rings. The number of hydrogen-bond donors (Lipinski definition) is 2. The Kier molecular flexibility index (Phi) is 7.98. The Balaban J connectivity index is 1.37. The molecule has 3 N–H and O–H groups in total. The first kappa shape index (κ1) is 27.9. The van der Waals surface area contributed by atoms with Gasteiger partial charge in [0.15, 0.2) is 0 Å². The zero-order valence-corrected chi connectivity index (χ0v) is 24.0. The Bertz CT molecular complexity index is 1250. The van der Waals surface area contributed by atoms with Crippen molar-refractivity contribution in [2.75, 3.05) is 62.3 Å². The number of benzene rings is 1. The molecule has 2 aromatic rings. The number of amides is 3. The molecule has 3 aliphatic rings. The Hall–Kier alpha value is -3.66. The van der Waals surface area contributed by atoms with Gasteiger partial charge in [-0.3, -0.25) is 14.4 Å². The summed E-state index contributed by atoms with van der Waals surface area (Å²) < 4.78 is 0. The molecule has 1 saturated carbocycles. The number of rotatable bonds is 5. The normalized spacial score (nSPS) is 22.0. The molecule has 1 unspecified atom stereocenters. The van der Waals surface area contributed by atoms with Gasteiger partial charge in [-0.05, 0) is 62.1 Å². The lowest BCUT2D eigenvalue weighted by atomic mass is 9.97. The van der Waals surface area contributed by atoms with Gasteiger partial charge in [-0.1, -0.05) is 26.0 Å². The largest absolute Gasteiger partial charge is 0.383 e. The van der Waals surface area contributed by atoms with E-state index in [2.05, 4.69) is 39.3 Å². The third-order valence-electron chi connectivity index (χ3n) is 8.34. The van der Waals surface area contributed by atoms with Crippen molar-refractivity contribution in [3.63, 3.8) is 0 Å². The summed E-state index contributed by atoms with van der Waals surface area (Å²) in [7, 11) is 2.13. The van der Waals surface area contributed by atoms with Crippen molar-refractivity contribution in [3.05, 3.63) is 47.7 Å². The Morgan fingerprint density at radius 2 is 1.68 bits per heavy atom. The molecular weight excluding hydrogens is 506 g/mol.